The van der Waals surface area contributed by atoms with E-state index in [1.54, 1.807) is 66.9 Å². The van der Waals surface area contributed by atoms with Crippen molar-refractivity contribution in [2.75, 3.05) is 17.2 Å². The molecule has 4 amide bonds. The third-order valence-electron chi connectivity index (χ3n) is 9.99. The van der Waals surface area contributed by atoms with E-state index in [0.29, 0.717) is 55.5 Å². The summed E-state index contributed by atoms with van der Waals surface area (Å²) in [4.78, 5) is 65.2. The Hall–Kier alpha value is -6.42. The quantitative estimate of drug-likeness (QED) is 0.0898. The molecule has 1 fully saturated rings. The summed E-state index contributed by atoms with van der Waals surface area (Å²) in [5, 5.41) is 22.4. The van der Waals surface area contributed by atoms with E-state index in [4.69, 9.17) is 16.6 Å². The Balaban J connectivity index is 0.881. The van der Waals surface area contributed by atoms with Crippen molar-refractivity contribution in [3.63, 3.8) is 0 Å². The number of rotatable bonds is 10. The maximum Gasteiger partial charge on any atom is 0.255 e. The Morgan fingerprint density at radius 1 is 0.982 bits per heavy atom. The first-order valence-corrected chi connectivity index (χ1v) is 18.4. The zero-order valence-electron chi connectivity index (χ0n) is 30.0. The first kappa shape index (κ1) is 37.5. The van der Waals surface area contributed by atoms with Crippen LogP contribution in [0.25, 0.3) is 11.3 Å². The molecular formula is C41H33ClF2N8O5. The van der Waals surface area contributed by atoms with Crippen LogP contribution in [0, 0.1) is 11.6 Å². The van der Waals surface area contributed by atoms with Crippen molar-refractivity contribution in [1.29, 1.82) is 0 Å². The maximum atomic E-state index is 14.9. The number of hydrogen-bond acceptors (Lipinski definition) is 10. The molecule has 8 rings (SSSR count). The summed E-state index contributed by atoms with van der Waals surface area (Å²) in [7, 11) is 0. The van der Waals surface area contributed by atoms with Gasteiger partial charge in [-0.1, -0.05) is 41.9 Å². The van der Waals surface area contributed by atoms with Gasteiger partial charge in [0.2, 0.25) is 23.7 Å². The summed E-state index contributed by atoms with van der Waals surface area (Å²) in [6, 6.07) is 19.7. The average molecular weight is 791 g/mol. The molecule has 0 radical (unpaired) electrons. The number of fused-ring (bicyclic) bond motifs is 4. The van der Waals surface area contributed by atoms with Gasteiger partial charge < -0.3 is 20.6 Å². The Bertz CT molecular complexity index is 2480. The van der Waals surface area contributed by atoms with Crippen molar-refractivity contribution in [3.05, 3.63) is 135 Å². The first-order valence-electron chi connectivity index (χ1n) is 18.0. The molecule has 0 spiro atoms. The number of carbonyl (C=O) groups is 4. The smallest absolute Gasteiger partial charge is 0.255 e. The van der Waals surface area contributed by atoms with Gasteiger partial charge in [-0.2, -0.15) is 0 Å². The Labute approximate surface area is 329 Å². The lowest BCUT2D eigenvalue weighted by Gasteiger charge is -2.29. The topological polar surface area (TPSA) is 178 Å². The van der Waals surface area contributed by atoms with E-state index in [0.717, 1.165) is 0 Å². The third kappa shape index (κ3) is 7.59. The summed E-state index contributed by atoms with van der Waals surface area (Å²) < 4.78 is 29.8. The number of aliphatic hydroxyl groups is 1. The average Bonchev–Trinajstić information content (AvgIpc) is 3.44. The van der Waals surface area contributed by atoms with Gasteiger partial charge >= 0.3 is 0 Å². The van der Waals surface area contributed by atoms with Crippen LogP contribution in [0.4, 0.5) is 26.1 Å². The van der Waals surface area contributed by atoms with Crippen LogP contribution in [0.15, 0.2) is 90.1 Å². The highest BCUT2D eigenvalue weighted by Gasteiger charge is 2.40. The Morgan fingerprint density at radius 3 is 2.53 bits per heavy atom. The first-order chi connectivity index (χ1) is 27.5. The van der Waals surface area contributed by atoms with Gasteiger partial charge in [-0.3, -0.25) is 34.8 Å². The lowest BCUT2D eigenvalue weighted by atomic mass is 9.95. The fourth-order valence-corrected chi connectivity index (χ4v) is 7.33. The molecular weight excluding hydrogens is 758 g/mol. The van der Waals surface area contributed by atoms with E-state index >= 15 is 0 Å². The van der Waals surface area contributed by atoms with E-state index < -0.39 is 29.8 Å². The number of aromatic nitrogens is 2. The van der Waals surface area contributed by atoms with Gasteiger partial charge in [0.1, 0.15) is 23.9 Å². The van der Waals surface area contributed by atoms with Crippen LogP contribution in [-0.2, 0) is 27.5 Å². The van der Waals surface area contributed by atoms with Crippen molar-refractivity contribution in [2.45, 2.75) is 44.6 Å². The fraction of sp³-hybridized carbons (Fsp3) is 0.195. The van der Waals surface area contributed by atoms with Crippen LogP contribution in [0.5, 0.6) is 0 Å². The molecule has 3 aliphatic rings. The zero-order chi connectivity index (χ0) is 39.8. The molecule has 3 aliphatic heterocycles. The molecule has 57 heavy (non-hydrogen) atoms. The predicted octanol–water partition coefficient (Wildman–Crippen LogP) is 5.54. The third-order valence-corrected chi connectivity index (χ3v) is 10.2. The standard InChI is InChI=1S/C41H33ClF2N8O5/c42-23-9-12-25-27(17-23)37(35-29(43)4-2-5-30(35)44)46-18-22-19-47-41(51-36(22)25)48-24-10-7-21(8-11-24)38(55)45-16-15-34(54)49-31-6-1-3-26-28(31)20-52(40(26)57)32-13-14-33(53)50-39(32)56/h1-12,17,19,32,38,45,55H,13-16,18,20H2,(H,49,54)(H,47,48,51)(H,50,53,56). The minimum atomic E-state index is -1.09. The number of halogens is 3. The van der Waals surface area contributed by atoms with E-state index in [1.807, 2.05) is 0 Å². The van der Waals surface area contributed by atoms with Crippen molar-refractivity contribution >= 4 is 58.3 Å². The van der Waals surface area contributed by atoms with Gasteiger partial charge in [-0.25, -0.2) is 18.7 Å². The molecule has 0 aliphatic carbocycles. The van der Waals surface area contributed by atoms with E-state index in [1.165, 1.54) is 23.1 Å². The molecule has 0 saturated carbocycles. The number of amides is 4. The van der Waals surface area contributed by atoms with Crippen molar-refractivity contribution < 1.29 is 33.1 Å². The number of nitrogens with one attached hydrogen (secondary N) is 4. The summed E-state index contributed by atoms with van der Waals surface area (Å²) in [6.07, 6.45) is 0.898. The van der Waals surface area contributed by atoms with E-state index in [-0.39, 0.29) is 73.8 Å². The van der Waals surface area contributed by atoms with Gasteiger partial charge in [0.05, 0.1) is 23.5 Å². The SMILES string of the molecule is O=C1CCC(N2Cc3c(NC(=O)CCNC(O)c4ccc(Nc5ncc6c(n5)-c5ccc(Cl)cc5C(c5c(F)cccc5F)=NC6)cc4)cccc3C2=O)C(=O)N1. The van der Waals surface area contributed by atoms with Gasteiger partial charge in [-0.05, 0) is 60.5 Å². The highest BCUT2D eigenvalue weighted by atomic mass is 35.5. The van der Waals surface area contributed by atoms with Gasteiger partial charge in [0.25, 0.3) is 5.91 Å². The second-order valence-electron chi connectivity index (χ2n) is 13.7. The number of nitrogens with zero attached hydrogens (tertiary/aromatic N) is 4. The van der Waals surface area contributed by atoms with Gasteiger partial charge in [0, 0.05) is 76.3 Å². The number of aliphatic imine (C=N–C) groups is 1. The monoisotopic (exact) mass is 790 g/mol. The van der Waals surface area contributed by atoms with Crippen LogP contribution >= 0.6 is 11.6 Å². The number of imide groups is 1. The molecule has 13 nitrogen and oxygen atoms in total. The van der Waals surface area contributed by atoms with Crippen LogP contribution in [0.2, 0.25) is 5.02 Å². The van der Waals surface area contributed by atoms with Crippen LogP contribution in [-0.4, -0.2) is 61.9 Å². The molecule has 16 heteroatoms. The number of aliphatic hydroxyl groups excluding tert-OH is 1. The summed E-state index contributed by atoms with van der Waals surface area (Å²) >= 11 is 6.33. The number of anilines is 3. The molecule has 0 bridgehead atoms. The molecule has 5 N–H and O–H groups in total. The molecule has 5 aromatic rings. The molecule has 288 valence electrons. The summed E-state index contributed by atoms with van der Waals surface area (Å²) in [5.41, 5.74) is 4.62. The second kappa shape index (κ2) is 15.6. The molecule has 2 atom stereocenters. The Morgan fingerprint density at radius 2 is 1.75 bits per heavy atom. The Kier molecular flexibility index (Phi) is 10.3. The number of benzene rings is 4. The summed E-state index contributed by atoms with van der Waals surface area (Å²) in [6.45, 7) is 0.330. The van der Waals surface area contributed by atoms with Crippen LogP contribution in [0.1, 0.15) is 63.7 Å². The predicted molar refractivity (Wildman–Crippen MR) is 207 cm³/mol. The van der Waals surface area contributed by atoms with E-state index in [2.05, 4.69) is 31.2 Å². The lowest BCUT2D eigenvalue weighted by Crippen LogP contribution is -2.52. The van der Waals surface area contributed by atoms with Gasteiger partial charge in [0.15, 0.2) is 0 Å². The fourth-order valence-electron chi connectivity index (χ4n) is 7.16. The van der Waals surface area contributed by atoms with Crippen LogP contribution < -0.4 is 21.3 Å². The highest BCUT2D eigenvalue weighted by molar-refractivity contribution is 6.31. The van der Waals surface area contributed by atoms with Crippen molar-refractivity contribution in [2.24, 2.45) is 4.99 Å². The number of carbonyl (C=O) groups excluding carboxylic acids is 4. The molecule has 4 heterocycles. The number of hydrogen-bond donors (Lipinski definition) is 5. The van der Waals surface area contributed by atoms with E-state index in [9.17, 15) is 33.1 Å². The maximum absolute atomic E-state index is 14.9. The molecule has 1 aromatic heterocycles. The minimum absolute atomic E-state index is 0.0118. The zero-order valence-corrected chi connectivity index (χ0v) is 30.7. The van der Waals surface area contributed by atoms with Crippen molar-refractivity contribution in [1.82, 2.24) is 25.5 Å². The largest absolute Gasteiger partial charge is 0.374 e. The normalized spacial score (nSPS) is 16.5. The van der Waals surface area contributed by atoms with Crippen molar-refractivity contribution in [3.8, 4) is 11.3 Å². The van der Waals surface area contributed by atoms with Gasteiger partial charge in [-0.15, -0.1) is 0 Å². The lowest BCUT2D eigenvalue weighted by molar-refractivity contribution is -0.137. The number of piperidine rings is 1. The van der Waals surface area contributed by atoms with Crippen LogP contribution in [0.3, 0.4) is 0 Å². The molecule has 1 saturated heterocycles. The molecule has 2 unspecified atom stereocenters. The second-order valence-corrected chi connectivity index (χ2v) is 14.1. The summed E-state index contributed by atoms with van der Waals surface area (Å²) in [5.74, 6) is -2.81. The molecule has 4 aromatic carbocycles. The minimum Gasteiger partial charge on any atom is -0.374 e. The highest BCUT2D eigenvalue weighted by Crippen LogP contribution is 2.35.